The van der Waals surface area contributed by atoms with Crippen molar-refractivity contribution in [2.24, 2.45) is 0 Å². The van der Waals surface area contributed by atoms with Crippen molar-refractivity contribution in [1.82, 2.24) is 9.21 Å². The minimum Gasteiger partial charge on any atom is -0.271 e. The van der Waals surface area contributed by atoms with Crippen molar-refractivity contribution in [3.05, 3.63) is 90.0 Å². The molecular formula is C26H24N2O4S. The molecular weight excluding hydrogens is 436 g/mol. The number of sulfonamides is 1. The topological polar surface area (TPSA) is 74.8 Å². The molecule has 0 radical (unpaired) electrons. The van der Waals surface area contributed by atoms with Crippen molar-refractivity contribution in [3.63, 3.8) is 0 Å². The van der Waals surface area contributed by atoms with Crippen molar-refractivity contribution in [2.75, 3.05) is 13.1 Å². The van der Waals surface area contributed by atoms with E-state index in [0.29, 0.717) is 36.9 Å². The van der Waals surface area contributed by atoms with Crippen LogP contribution < -0.4 is 0 Å². The molecule has 0 N–H and O–H groups in total. The van der Waals surface area contributed by atoms with Gasteiger partial charge in [0.2, 0.25) is 10.0 Å². The zero-order valence-electron chi connectivity index (χ0n) is 18.1. The Hall–Kier alpha value is -3.29. The molecule has 6 nitrogen and oxygen atoms in total. The van der Waals surface area contributed by atoms with E-state index in [1.54, 1.807) is 36.4 Å². The molecule has 3 aromatic carbocycles. The Kier molecular flexibility index (Phi) is 5.60. The predicted molar refractivity (Wildman–Crippen MR) is 125 cm³/mol. The average Bonchev–Trinajstić information content (AvgIpc) is 3.00. The molecule has 1 fully saturated rings. The van der Waals surface area contributed by atoms with Crippen LogP contribution in [0.15, 0.2) is 83.8 Å². The fourth-order valence-electron chi connectivity index (χ4n) is 4.69. The summed E-state index contributed by atoms with van der Waals surface area (Å²) in [6.45, 7) is 0.628. The lowest BCUT2D eigenvalue weighted by molar-refractivity contribution is 0.0571. The van der Waals surface area contributed by atoms with Crippen molar-refractivity contribution in [3.8, 4) is 11.1 Å². The van der Waals surface area contributed by atoms with Crippen LogP contribution in [0, 0.1) is 0 Å². The maximum atomic E-state index is 13.3. The second-order valence-electron chi connectivity index (χ2n) is 8.41. The third kappa shape index (κ3) is 3.87. The van der Waals surface area contributed by atoms with E-state index >= 15 is 0 Å². The van der Waals surface area contributed by atoms with Crippen LogP contribution in [0.3, 0.4) is 0 Å². The summed E-state index contributed by atoms with van der Waals surface area (Å²) in [6, 6.07) is 23.3. The van der Waals surface area contributed by atoms with E-state index in [9.17, 15) is 18.0 Å². The van der Waals surface area contributed by atoms with Gasteiger partial charge in [0.25, 0.3) is 11.8 Å². The Bertz CT molecular complexity index is 1270. The van der Waals surface area contributed by atoms with Gasteiger partial charge in [0.15, 0.2) is 0 Å². The molecule has 0 bridgehead atoms. The van der Waals surface area contributed by atoms with Crippen LogP contribution in [-0.2, 0) is 10.0 Å². The van der Waals surface area contributed by atoms with Gasteiger partial charge in [-0.2, -0.15) is 4.31 Å². The highest BCUT2D eigenvalue weighted by Gasteiger charge is 2.40. The molecule has 168 valence electrons. The summed E-state index contributed by atoms with van der Waals surface area (Å²) in [4.78, 5) is 27.3. The molecule has 7 heteroatoms. The monoisotopic (exact) mass is 460 g/mol. The summed E-state index contributed by atoms with van der Waals surface area (Å²) in [6.07, 6.45) is 1.59. The van der Waals surface area contributed by atoms with Crippen LogP contribution in [0.5, 0.6) is 0 Å². The van der Waals surface area contributed by atoms with Crippen LogP contribution >= 0.6 is 0 Å². The van der Waals surface area contributed by atoms with Gasteiger partial charge in [-0.3, -0.25) is 14.5 Å². The fourth-order valence-corrected chi connectivity index (χ4v) is 6.18. The standard InChI is InChI=1S/C26H24N2O4S/c29-25-23-10-4-5-11-24(23)26(30)28(25)21-9-6-17-27(18-16-21)33(31,32)22-14-12-20(13-15-22)19-7-2-1-3-8-19/h1-5,7-8,10-15,21H,6,9,16-18H2. The van der Waals surface area contributed by atoms with Crippen molar-refractivity contribution < 1.29 is 18.0 Å². The molecule has 33 heavy (non-hydrogen) atoms. The van der Waals surface area contributed by atoms with Crippen molar-refractivity contribution in [2.45, 2.75) is 30.2 Å². The van der Waals surface area contributed by atoms with Gasteiger partial charge in [0.05, 0.1) is 16.0 Å². The molecule has 0 aromatic heterocycles. The lowest BCUT2D eigenvalue weighted by Crippen LogP contribution is -2.40. The van der Waals surface area contributed by atoms with Gasteiger partial charge in [-0.15, -0.1) is 0 Å². The lowest BCUT2D eigenvalue weighted by Gasteiger charge is -2.25. The highest BCUT2D eigenvalue weighted by atomic mass is 32.2. The Balaban J connectivity index is 1.32. The first-order valence-corrected chi connectivity index (χ1v) is 12.5. The summed E-state index contributed by atoms with van der Waals surface area (Å²) in [5.74, 6) is -0.568. The largest absolute Gasteiger partial charge is 0.271 e. The third-order valence-electron chi connectivity index (χ3n) is 6.45. The second-order valence-corrected chi connectivity index (χ2v) is 10.3. The molecule has 1 unspecified atom stereocenters. The Labute approximate surface area is 193 Å². The number of hydrogen-bond donors (Lipinski definition) is 0. The minimum atomic E-state index is -3.67. The number of carbonyl (C=O) groups is 2. The molecule has 1 saturated heterocycles. The fraction of sp³-hybridized carbons (Fsp3) is 0.231. The van der Waals surface area contributed by atoms with Gasteiger partial charge in [-0.05, 0) is 54.7 Å². The number of imide groups is 1. The predicted octanol–water partition coefficient (Wildman–Crippen LogP) is 4.19. The lowest BCUT2D eigenvalue weighted by atomic mass is 10.1. The quantitative estimate of drug-likeness (QED) is 0.547. The van der Waals surface area contributed by atoms with E-state index in [2.05, 4.69) is 0 Å². The van der Waals surface area contributed by atoms with Crippen LogP contribution in [-0.4, -0.2) is 48.6 Å². The molecule has 0 saturated carbocycles. The van der Waals surface area contributed by atoms with Crippen LogP contribution in [0.25, 0.3) is 11.1 Å². The highest BCUT2D eigenvalue weighted by molar-refractivity contribution is 7.89. The average molecular weight is 461 g/mol. The molecule has 0 spiro atoms. The summed E-state index contributed by atoms with van der Waals surface area (Å²) in [5.41, 5.74) is 2.83. The van der Waals surface area contributed by atoms with E-state index < -0.39 is 10.0 Å². The molecule has 5 rings (SSSR count). The van der Waals surface area contributed by atoms with E-state index in [-0.39, 0.29) is 29.3 Å². The summed E-state index contributed by atoms with van der Waals surface area (Å²) >= 11 is 0. The highest BCUT2D eigenvalue weighted by Crippen LogP contribution is 2.30. The molecule has 2 heterocycles. The van der Waals surface area contributed by atoms with E-state index in [4.69, 9.17) is 0 Å². The van der Waals surface area contributed by atoms with Gasteiger partial charge in [-0.25, -0.2) is 8.42 Å². The van der Waals surface area contributed by atoms with E-state index in [0.717, 1.165) is 11.1 Å². The van der Waals surface area contributed by atoms with Crippen LogP contribution in [0.2, 0.25) is 0 Å². The smallest absolute Gasteiger partial charge is 0.261 e. The molecule has 3 aromatic rings. The van der Waals surface area contributed by atoms with Crippen molar-refractivity contribution >= 4 is 21.8 Å². The molecule has 1 atom stereocenters. The Morgan fingerprint density at radius 2 is 1.24 bits per heavy atom. The van der Waals surface area contributed by atoms with Crippen LogP contribution in [0.4, 0.5) is 0 Å². The maximum Gasteiger partial charge on any atom is 0.261 e. The van der Waals surface area contributed by atoms with E-state index in [1.165, 1.54) is 9.21 Å². The Morgan fingerprint density at radius 1 is 0.667 bits per heavy atom. The molecule has 2 amide bonds. The molecule has 2 aliphatic rings. The number of carbonyl (C=O) groups excluding carboxylic acids is 2. The van der Waals surface area contributed by atoms with Gasteiger partial charge in [-0.1, -0.05) is 54.6 Å². The first kappa shape index (κ1) is 21.6. The van der Waals surface area contributed by atoms with E-state index in [1.807, 2.05) is 42.5 Å². The summed E-state index contributed by atoms with van der Waals surface area (Å²) in [7, 11) is -3.67. The first-order chi connectivity index (χ1) is 16.0. The molecule has 0 aliphatic carbocycles. The zero-order valence-corrected chi connectivity index (χ0v) is 18.9. The zero-order chi connectivity index (χ0) is 23.0. The van der Waals surface area contributed by atoms with Crippen LogP contribution in [0.1, 0.15) is 40.0 Å². The number of fused-ring (bicyclic) bond motifs is 1. The number of rotatable bonds is 4. The van der Waals surface area contributed by atoms with Gasteiger partial charge >= 0.3 is 0 Å². The summed E-state index contributed by atoms with van der Waals surface area (Å²) < 4.78 is 28.1. The first-order valence-electron chi connectivity index (χ1n) is 11.1. The number of amides is 2. The normalized spacial score (nSPS) is 19.4. The number of hydrogen-bond acceptors (Lipinski definition) is 4. The van der Waals surface area contributed by atoms with Gasteiger partial charge < -0.3 is 0 Å². The summed E-state index contributed by atoms with van der Waals surface area (Å²) in [5, 5.41) is 0. The third-order valence-corrected chi connectivity index (χ3v) is 8.36. The Morgan fingerprint density at radius 3 is 1.88 bits per heavy atom. The second kappa shape index (κ2) is 8.57. The SMILES string of the molecule is O=C1c2ccccc2C(=O)N1C1CCCN(S(=O)(=O)c2ccc(-c3ccccc3)cc2)CC1. The number of nitrogens with zero attached hydrogens (tertiary/aromatic N) is 2. The van der Waals surface area contributed by atoms with Crippen molar-refractivity contribution in [1.29, 1.82) is 0 Å². The minimum absolute atomic E-state index is 0.251. The number of benzene rings is 3. The van der Waals surface area contributed by atoms with Gasteiger partial charge in [0, 0.05) is 19.1 Å². The molecule has 2 aliphatic heterocycles. The maximum absolute atomic E-state index is 13.3. The van der Waals surface area contributed by atoms with Gasteiger partial charge in [0.1, 0.15) is 0 Å².